The van der Waals surface area contributed by atoms with E-state index >= 15 is 0 Å². The van der Waals surface area contributed by atoms with Gasteiger partial charge in [0, 0.05) is 37.0 Å². The van der Waals surface area contributed by atoms with Gasteiger partial charge in [-0.3, -0.25) is 4.98 Å². The van der Waals surface area contributed by atoms with Crippen molar-refractivity contribution < 1.29 is 4.39 Å². The molecule has 1 aromatic carbocycles. The fraction of sp³-hybridized carbons (Fsp3) is 0.292. The Labute approximate surface area is 181 Å². The van der Waals surface area contributed by atoms with Gasteiger partial charge in [-0.1, -0.05) is 32.4 Å². The van der Waals surface area contributed by atoms with Crippen LogP contribution in [-0.4, -0.2) is 31.5 Å². The predicted molar refractivity (Wildman–Crippen MR) is 121 cm³/mol. The smallest absolute Gasteiger partial charge is 0.184 e. The van der Waals surface area contributed by atoms with E-state index in [2.05, 4.69) is 45.6 Å². The molecule has 0 N–H and O–H groups in total. The van der Waals surface area contributed by atoms with Gasteiger partial charge in [0.25, 0.3) is 0 Å². The molecule has 0 aliphatic heterocycles. The van der Waals surface area contributed by atoms with Crippen molar-refractivity contribution >= 4 is 22.7 Å². The van der Waals surface area contributed by atoms with Crippen molar-refractivity contribution in [1.82, 2.24) is 24.9 Å². The van der Waals surface area contributed by atoms with Gasteiger partial charge in [-0.05, 0) is 43.0 Å². The summed E-state index contributed by atoms with van der Waals surface area (Å²) in [5.74, 6) is 0.522. The Bertz CT molecular complexity index is 1200. The van der Waals surface area contributed by atoms with Crippen molar-refractivity contribution in [1.29, 1.82) is 0 Å². The molecule has 0 fully saturated rings. The van der Waals surface area contributed by atoms with Gasteiger partial charge in [0.2, 0.25) is 0 Å². The number of aryl methyl sites for hydroxylation is 1. The fourth-order valence-corrected chi connectivity index (χ4v) is 3.30. The van der Waals surface area contributed by atoms with Crippen molar-refractivity contribution in [2.45, 2.75) is 34.1 Å². The van der Waals surface area contributed by atoms with E-state index in [1.807, 2.05) is 19.1 Å². The number of halogens is 1. The normalized spacial score (nSPS) is 11.6. The van der Waals surface area contributed by atoms with E-state index in [9.17, 15) is 4.39 Å². The first kappa shape index (κ1) is 20.8. The van der Waals surface area contributed by atoms with E-state index in [4.69, 9.17) is 4.98 Å². The maximum atomic E-state index is 14.7. The maximum absolute atomic E-state index is 14.7. The topological polar surface area (TPSA) is 67.7 Å². The van der Waals surface area contributed by atoms with Gasteiger partial charge >= 0.3 is 0 Å². The largest absolute Gasteiger partial charge is 0.324 e. The van der Waals surface area contributed by atoms with Crippen LogP contribution in [-0.2, 0) is 0 Å². The Balaban J connectivity index is 1.93. The number of anilines is 2. The van der Waals surface area contributed by atoms with Gasteiger partial charge in [-0.15, -0.1) is 0 Å². The number of benzene rings is 1. The summed E-state index contributed by atoms with van der Waals surface area (Å²) in [7, 11) is 0. The molecule has 0 unspecified atom stereocenters. The monoisotopic (exact) mass is 416 g/mol. The molecule has 0 aliphatic rings. The second-order valence-corrected chi connectivity index (χ2v) is 8.75. The first-order valence-electron chi connectivity index (χ1n) is 10.2. The van der Waals surface area contributed by atoms with Crippen molar-refractivity contribution in [2.75, 3.05) is 11.4 Å². The molecule has 0 amide bonds. The fourth-order valence-electron chi connectivity index (χ4n) is 3.30. The zero-order valence-corrected chi connectivity index (χ0v) is 18.2. The molecule has 4 rings (SSSR count). The van der Waals surface area contributed by atoms with Crippen molar-refractivity contribution in [3.05, 3.63) is 66.5 Å². The molecule has 0 saturated heterocycles. The molecule has 31 heavy (non-hydrogen) atoms. The van der Waals surface area contributed by atoms with Crippen LogP contribution < -0.4 is 4.90 Å². The number of nitrogens with zero attached hydrogens (tertiary/aromatic N) is 6. The van der Waals surface area contributed by atoms with Crippen LogP contribution >= 0.6 is 0 Å². The van der Waals surface area contributed by atoms with Crippen LogP contribution in [0.4, 0.5) is 15.9 Å². The van der Waals surface area contributed by atoms with E-state index in [0.717, 1.165) is 17.7 Å². The molecule has 0 saturated carbocycles. The number of aromatic nitrogens is 5. The molecule has 4 aromatic rings. The highest BCUT2D eigenvalue weighted by molar-refractivity contribution is 5.87. The van der Waals surface area contributed by atoms with E-state index < -0.39 is 0 Å². The van der Waals surface area contributed by atoms with Gasteiger partial charge < -0.3 is 4.90 Å². The summed E-state index contributed by atoms with van der Waals surface area (Å²) in [4.78, 5) is 24.5. The van der Waals surface area contributed by atoms with Crippen LogP contribution in [0.1, 0.15) is 32.8 Å². The van der Waals surface area contributed by atoms with Crippen LogP contribution in [0.3, 0.4) is 0 Å². The number of pyridine rings is 1. The molecule has 158 valence electrons. The molecule has 6 nitrogen and oxygen atoms in total. The standard InChI is InChI=1S/C24H25FN6/c1-16-5-6-19(25)18(15-16)21-29-22-20(27-12-13-28-22)23(30-21)31(14-9-24(2,3)4)17-7-10-26-11-8-17/h5-8,10-13,15H,9,14H2,1-4H3. The third-order valence-electron chi connectivity index (χ3n) is 4.99. The first-order valence-corrected chi connectivity index (χ1v) is 10.2. The molecule has 0 atom stereocenters. The molecule has 3 heterocycles. The van der Waals surface area contributed by atoms with E-state index in [-0.39, 0.29) is 11.2 Å². The van der Waals surface area contributed by atoms with Crippen LogP contribution in [0.2, 0.25) is 0 Å². The van der Waals surface area contributed by atoms with Gasteiger partial charge in [0.05, 0.1) is 5.56 Å². The second kappa shape index (κ2) is 8.34. The molecule has 0 spiro atoms. The van der Waals surface area contributed by atoms with E-state index in [1.165, 1.54) is 6.07 Å². The zero-order chi connectivity index (χ0) is 22.0. The summed E-state index contributed by atoms with van der Waals surface area (Å²) >= 11 is 0. The summed E-state index contributed by atoms with van der Waals surface area (Å²) in [6.45, 7) is 9.21. The Hall–Kier alpha value is -3.48. The van der Waals surface area contributed by atoms with Crippen LogP contribution in [0, 0.1) is 18.2 Å². The van der Waals surface area contributed by atoms with Crippen LogP contribution in [0.5, 0.6) is 0 Å². The molecular formula is C24H25FN6. The minimum atomic E-state index is -0.370. The second-order valence-electron chi connectivity index (χ2n) is 8.75. The van der Waals surface area contributed by atoms with Crippen LogP contribution in [0.25, 0.3) is 22.6 Å². The Kier molecular flexibility index (Phi) is 5.59. The van der Waals surface area contributed by atoms with Crippen molar-refractivity contribution in [3.63, 3.8) is 0 Å². The van der Waals surface area contributed by atoms with Gasteiger partial charge in [-0.25, -0.2) is 24.3 Å². The number of rotatable bonds is 5. The van der Waals surface area contributed by atoms with E-state index in [0.29, 0.717) is 34.9 Å². The Morgan fingerprint density at radius 1 is 0.935 bits per heavy atom. The highest BCUT2D eigenvalue weighted by Crippen LogP contribution is 2.33. The van der Waals surface area contributed by atoms with E-state index in [1.54, 1.807) is 36.9 Å². The quantitative estimate of drug-likeness (QED) is 0.428. The number of hydrogen-bond donors (Lipinski definition) is 0. The predicted octanol–water partition coefficient (Wildman–Crippen LogP) is 5.50. The summed E-state index contributed by atoms with van der Waals surface area (Å²) in [5, 5.41) is 0. The molecule has 3 aromatic heterocycles. The summed E-state index contributed by atoms with van der Waals surface area (Å²) < 4.78 is 14.7. The average Bonchev–Trinajstić information content (AvgIpc) is 2.75. The average molecular weight is 417 g/mol. The highest BCUT2D eigenvalue weighted by atomic mass is 19.1. The van der Waals surface area contributed by atoms with Crippen LogP contribution in [0.15, 0.2) is 55.1 Å². The Morgan fingerprint density at radius 2 is 1.68 bits per heavy atom. The maximum Gasteiger partial charge on any atom is 0.184 e. The SMILES string of the molecule is Cc1ccc(F)c(-c2nc(N(CCC(C)(C)C)c3ccncc3)c3nccnc3n2)c1. The summed E-state index contributed by atoms with van der Waals surface area (Å²) in [5.41, 5.74) is 3.33. The zero-order valence-electron chi connectivity index (χ0n) is 18.2. The molecular weight excluding hydrogens is 391 g/mol. The molecule has 0 radical (unpaired) electrons. The summed E-state index contributed by atoms with van der Waals surface area (Å²) in [6, 6.07) is 8.78. The van der Waals surface area contributed by atoms with Gasteiger partial charge in [-0.2, -0.15) is 0 Å². The molecule has 0 aliphatic carbocycles. The molecule has 7 heteroatoms. The first-order chi connectivity index (χ1) is 14.8. The minimum Gasteiger partial charge on any atom is -0.324 e. The third-order valence-corrected chi connectivity index (χ3v) is 4.99. The highest BCUT2D eigenvalue weighted by Gasteiger charge is 2.22. The lowest BCUT2D eigenvalue weighted by Crippen LogP contribution is -2.24. The summed E-state index contributed by atoms with van der Waals surface area (Å²) in [6.07, 6.45) is 7.61. The molecule has 0 bridgehead atoms. The van der Waals surface area contributed by atoms with Gasteiger partial charge in [0.1, 0.15) is 5.82 Å². The lowest BCUT2D eigenvalue weighted by Gasteiger charge is -2.28. The lowest BCUT2D eigenvalue weighted by atomic mass is 9.92. The minimum absolute atomic E-state index is 0.116. The van der Waals surface area contributed by atoms with Crippen molar-refractivity contribution in [3.8, 4) is 11.4 Å². The van der Waals surface area contributed by atoms with Crippen molar-refractivity contribution in [2.24, 2.45) is 5.41 Å². The number of fused-ring (bicyclic) bond motifs is 1. The van der Waals surface area contributed by atoms with Gasteiger partial charge in [0.15, 0.2) is 22.8 Å². The lowest BCUT2D eigenvalue weighted by molar-refractivity contribution is 0.383. The Morgan fingerprint density at radius 3 is 2.42 bits per heavy atom. The third kappa shape index (κ3) is 4.66. The number of hydrogen-bond acceptors (Lipinski definition) is 6.